The number of aryl methyl sites for hydroxylation is 1. The van der Waals surface area contributed by atoms with Gasteiger partial charge in [0.15, 0.2) is 0 Å². The molecule has 0 aliphatic carbocycles. The Morgan fingerprint density at radius 2 is 1.83 bits per heavy atom. The lowest BCUT2D eigenvalue weighted by Crippen LogP contribution is -2.36. The van der Waals surface area contributed by atoms with Gasteiger partial charge < -0.3 is 5.32 Å². The molecule has 1 atom stereocenters. The second-order valence-corrected chi connectivity index (χ2v) is 6.15. The summed E-state index contributed by atoms with van der Waals surface area (Å²) >= 11 is 1.89. The molecule has 104 valence electrons. The number of hydrogen-bond acceptors (Lipinski definition) is 2. The van der Waals surface area contributed by atoms with Gasteiger partial charge in [0.2, 0.25) is 0 Å². The van der Waals surface area contributed by atoms with Crippen molar-refractivity contribution in [3.05, 3.63) is 22.4 Å². The van der Waals surface area contributed by atoms with Gasteiger partial charge in [-0.15, -0.1) is 11.3 Å². The van der Waals surface area contributed by atoms with Crippen molar-refractivity contribution in [2.45, 2.75) is 65.3 Å². The highest BCUT2D eigenvalue weighted by molar-refractivity contribution is 7.09. The number of hydrogen-bond donors (Lipinski definition) is 1. The Hall–Kier alpha value is -0.340. The first-order valence-corrected chi connectivity index (χ1v) is 8.45. The lowest BCUT2D eigenvalue weighted by atomic mass is 9.87. The summed E-state index contributed by atoms with van der Waals surface area (Å²) in [5.41, 5.74) is 0. The highest BCUT2D eigenvalue weighted by atomic mass is 32.1. The summed E-state index contributed by atoms with van der Waals surface area (Å²) in [6, 6.07) is 5.14. The van der Waals surface area contributed by atoms with Crippen molar-refractivity contribution in [2.75, 3.05) is 6.54 Å². The second-order valence-electron chi connectivity index (χ2n) is 5.12. The van der Waals surface area contributed by atoms with E-state index >= 15 is 0 Å². The zero-order chi connectivity index (χ0) is 13.2. The van der Waals surface area contributed by atoms with Crippen LogP contribution in [0.1, 0.15) is 57.8 Å². The van der Waals surface area contributed by atoms with E-state index in [0.717, 1.165) is 12.5 Å². The van der Waals surface area contributed by atoms with E-state index in [1.54, 1.807) is 0 Å². The predicted octanol–water partition coefficient (Wildman–Crippen LogP) is 4.88. The Morgan fingerprint density at radius 3 is 2.33 bits per heavy atom. The molecule has 0 radical (unpaired) electrons. The maximum Gasteiger partial charge on any atom is 0.00986 e. The maximum absolute atomic E-state index is 3.72. The van der Waals surface area contributed by atoms with Gasteiger partial charge in [-0.25, -0.2) is 0 Å². The van der Waals surface area contributed by atoms with Crippen LogP contribution in [0.2, 0.25) is 0 Å². The third-order valence-electron chi connectivity index (χ3n) is 3.64. The topological polar surface area (TPSA) is 12.0 Å². The molecule has 0 amide bonds. The lowest BCUT2D eigenvalue weighted by Gasteiger charge is -2.27. The molecule has 0 aliphatic rings. The molecule has 0 spiro atoms. The van der Waals surface area contributed by atoms with Crippen molar-refractivity contribution in [3.8, 4) is 0 Å². The molecule has 1 heterocycles. The van der Waals surface area contributed by atoms with Crippen LogP contribution >= 0.6 is 11.3 Å². The van der Waals surface area contributed by atoms with Crippen LogP contribution < -0.4 is 5.32 Å². The van der Waals surface area contributed by atoms with Gasteiger partial charge in [0.25, 0.3) is 0 Å². The zero-order valence-electron chi connectivity index (χ0n) is 12.2. The number of nitrogens with one attached hydrogen (secondary N) is 1. The summed E-state index contributed by atoms with van der Waals surface area (Å²) in [5, 5.41) is 5.91. The minimum atomic E-state index is 0.706. The molecule has 1 unspecified atom stereocenters. The molecule has 1 nitrogen and oxygen atoms in total. The van der Waals surface area contributed by atoms with Crippen molar-refractivity contribution < 1.29 is 0 Å². The van der Waals surface area contributed by atoms with E-state index in [1.807, 2.05) is 11.3 Å². The largest absolute Gasteiger partial charge is 0.314 e. The SMILES string of the molecule is CCCC(CCC)C(CCc1cccs1)NCC. The van der Waals surface area contributed by atoms with E-state index in [-0.39, 0.29) is 0 Å². The Balaban J connectivity index is 2.49. The molecule has 0 saturated carbocycles. The van der Waals surface area contributed by atoms with E-state index in [2.05, 4.69) is 43.6 Å². The van der Waals surface area contributed by atoms with Gasteiger partial charge in [-0.2, -0.15) is 0 Å². The van der Waals surface area contributed by atoms with Gasteiger partial charge in [0, 0.05) is 10.9 Å². The smallest absolute Gasteiger partial charge is 0.00986 e. The molecular weight excluding hydrogens is 238 g/mol. The molecule has 1 aromatic heterocycles. The van der Waals surface area contributed by atoms with Crippen LogP contribution in [-0.2, 0) is 6.42 Å². The standard InChI is InChI=1S/C16H29NS/c1-4-8-14(9-5-2)16(17-6-3)12-11-15-10-7-13-18-15/h7,10,13-14,16-17H,4-6,8-9,11-12H2,1-3H3. The van der Waals surface area contributed by atoms with Gasteiger partial charge >= 0.3 is 0 Å². The molecule has 1 N–H and O–H groups in total. The van der Waals surface area contributed by atoms with E-state index in [4.69, 9.17) is 0 Å². The maximum atomic E-state index is 3.72. The fourth-order valence-corrected chi connectivity index (χ4v) is 3.53. The van der Waals surface area contributed by atoms with Gasteiger partial charge in [-0.05, 0) is 49.6 Å². The minimum Gasteiger partial charge on any atom is -0.314 e. The Kier molecular flexibility index (Phi) is 8.36. The van der Waals surface area contributed by atoms with Crippen LogP contribution in [-0.4, -0.2) is 12.6 Å². The summed E-state index contributed by atoms with van der Waals surface area (Å²) in [4.78, 5) is 1.53. The molecule has 0 aliphatic heterocycles. The van der Waals surface area contributed by atoms with Crippen LogP contribution in [0.5, 0.6) is 0 Å². The molecule has 1 rings (SSSR count). The van der Waals surface area contributed by atoms with Crippen molar-refractivity contribution in [2.24, 2.45) is 5.92 Å². The Morgan fingerprint density at radius 1 is 1.11 bits per heavy atom. The third kappa shape index (κ3) is 5.53. The van der Waals surface area contributed by atoms with Crippen molar-refractivity contribution >= 4 is 11.3 Å². The molecule has 0 fully saturated rings. The fraction of sp³-hybridized carbons (Fsp3) is 0.750. The zero-order valence-corrected chi connectivity index (χ0v) is 13.1. The van der Waals surface area contributed by atoms with Gasteiger partial charge in [0.1, 0.15) is 0 Å². The van der Waals surface area contributed by atoms with Crippen LogP contribution in [0.25, 0.3) is 0 Å². The summed E-state index contributed by atoms with van der Waals surface area (Å²) in [6.45, 7) is 7.95. The van der Waals surface area contributed by atoms with Gasteiger partial charge in [-0.1, -0.05) is 39.7 Å². The average Bonchev–Trinajstić information content (AvgIpc) is 2.87. The summed E-state index contributed by atoms with van der Waals surface area (Å²) < 4.78 is 0. The third-order valence-corrected chi connectivity index (χ3v) is 4.57. The van der Waals surface area contributed by atoms with E-state index < -0.39 is 0 Å². The highest BCUT2D eigenvalue weighted by Gasteiger charge is 2.19. The molecule has 0 bridgehead atoms. The molecule has 2 heteroatoms. The van der Waals surface area contributed by atoms with E-state index in [0.29, 0.717) is 6.04 Å². The van der Waals surface area contributed by atoms with Gasteiger partial charge in [0.05, 0.1) is 0 Å². The van der Waals surface area contributed by atoms with Gasteiger partial charge in [-0.3, -0.25) is 0 Å². The Bertz CT molecular complexity index is 275. The molecule has 1 aromatic rings. The van der Waals surface area contributed by atoms with Crippen LogP contribution in [0, 0.1) is 5.92 Å². The quantitative estimate of drug-likeness (QED) is 0.637. The van der Waals surface area contributed by atoms with Crippen molar-refractivity contribution in [1.29, 1.82) is 0 Å². The average molecular weight is 267 g/mol. The van der Waals surface area contributed by atoms with E-state index in [9.17, 15) is 0 Å². The predicted molar refractivity (Wildman–Crippen MR) is 83.4 cm³/mol. The molecule has 0 aromatic carbocycles. The van der Waals surface area contributed by atoms with E-state index in [1.165, 1.54) is 43.4 Å². The van der Waals surface area contributed by atoms with Crippen LogP contribution in [0.4, 0.5) is 0 Å². The van der Waals surface area contributed by atoms with Crippen LogP contribution in [0.15, 0.2) is 17.5 Å². The highest BCUT2D eigenvalue weighted by Crippen LogP contribution is 2.22. The molecular formula is C16H29NS. The Labute approximate surface area is 117 Å². The summed E-state index contributed by atoms with van der Waals surface area (Å²) in [6.07, 6.45) is 7.89. The lowest BCUT2D eigenvalue weighted by molar-refractivity contribution is 0.301. The number of thiophene rings is 1. The second kappa shape index (κ2) is 9.57. The first kappa shape index (κ1) is 15.7. The normalized spacial score (nSPS) is 13.1. The van der Waals surface area contributed by atoms with Crippen molar-refractivity contribution in [3.63, 3.8) is 0 Å². The first-order chi connectivity index (χ1) is 8.81. The monoisotopic (exact) mass is 267 g/mol. The summed E-state index contributed by atoms with van der Waals surface area (Å²) in [5.74, 6) is 0.861. The first-order valence-electron chi connectivity index (χ1n) is 7.57. The minimum absolute atomic E-state index is 0.706. The molecule has 18 heavy (non-hydrogen) atoms. The van der Waals surface area contributed by atoms with Crippen molar-refractivity contribution in [1.82, 2.24) is 5.32 Å². The van der Waals surface area contributed by atoms with Crippen LogP contribution in [0.3, 0.4) is 0 Å². The fourth-order valence-electron chi connectivity index (χ4n) is 2.81. The number of rotatable bonds is 10. The molecule has 0 saturated heterocycles. The summed E-state index contributed by atoms with van der Waals surface area (Å²) in [7, 11) is 0.